The molecular formula is C13H16O2. The van der Waals surface area contributed by atoms with Gasteiger partial charge < -0.3 is 5.11 Å². The van der Waals surface area contributed by atoms with Crippen LogP contribution in [0.3, 0.4) is 0 Å². The predicted octanol–water partition coefficient (Wildman–Crippen LogP) is 3.34. The quantitative estimate of drug-likeness (QED) is 0.747. The van der Waals surface area contributed by atoms with Crippen LogP contribution >= 0.6 is 0 Å². The molecule has 0 bridgehead atoms. The number of carboxylic acids is 1. The van der Waals surface area contributed by atoms with Gasteiger partial charge in [-0.25, -0.2) is 4.79 Å². The molecule has 0 saturated heterocycles. The molecular weight excluding hydrogens is 188 g/mol. The number of hydrogen-bond acceptors (Lipinski definition) is 1. The molecule has 0 spiro atoms. The van der Waals surface area contributed by atoms with Crippen molar-refractivity contribution >= 4 is 11.5 Å². The highest BCUT2D eigenvalue weighted by atomic mass is 16.4. The zero-order valence-electron chi connectivity index (χ0n) is 8.94. The molecule has 1 rings (SSSR count). The van der Waals surface area contributed by atoms with Crippen LogP contribution in [0.1, 0.15) is 31.7 Å². The van der Waals surface area contributed by atoms with Crippen molar-refractivity contribution in [2.24, 2.45) is 0 Å². The third-order valence-corrected chi connectivity index (χ3v) is 2.24. The molecule has 0 saturated carbocycles. The number of hydrogen-bond donors (Lipinski definition) is 1. The Morgan fingerprint density at radius 3 is 2.53 bits per heavy atom. The van der Waals surface area contributed by atoms with Gasteiger partial charge in [-0.3, -0.25) is 0 Å². The van der Waals surface area contributed by atoms with Gasteiger partial charge in [0.1, 0.15) is 0 Å². The van der Waals surface area contributed by atoms with E-state index in [-0.39, 0.29) is 0 Å². The van der Waals surface area contributed by atoms with E-state index in [1.807, 2.05) is 30.3 Å². The van der Waals surface area contributed by atoms with Gasteiger partial charge in [0.25, 0.3) is 0 Å². The fourth-order valence-corrected chi connectivity index (χ4v) is 1.47. The molecule has 1 aromatic rings. The fourth-order valence-electron chi connectivity index (χ4n) is 1.47. The molecule has 0 heterocycles. The minimum Gasteiger partial charge on any atom is -0.478 e. The number of carbonyl (C=O) groups is 1. The molecule has 80 valence electrons. The van der Waals surface area contributed by atoms with Gasteiger partial charge in [0.2, 0.25) is 0 Å². The maximum atomic E-state index is 10.7. The van der Waals surface area contributed by atoms with E-state index in [1.165, 1.54) is 6.08 Å². The normalized spacial score (nSPS) is 11.4. The molecule has 0 unspecified atom stereocenters. The summed E-state index contributed by atoms with van der Waals surface area (Å²) >= 11 is 0. The lowest BCUT2D eigenvalue weighted by atomic mass is 10.00. The van der Waals surface area contributed by atoms with Crippen LogP contribution in [0.4, 0.5) is 0 Å². The molecule has 0 radical (unpaired) electrons. The number of carboxylic acid groups (broad SMARTS) is 1. The van der Waals surface area contributed by atoms with Gasteiger partial charge in [0, 0.05) is 6.08 Å². The van der Waals surface area contributed by atoms with Crippen LogP contribution in [0.5, 0.6) is 0 Å². The molecule has 1 aromatic carbocycles. The van der Waals surface area contributed by atoms with E-state index >= 15 is 0 Å². The molecule has 0 amide bonds. The van der Waals surface area contributed by atoms with Gasteiger partial charge in [0.15, 0.2) is 0 Å². The molecule has 1 N–H and O–H groups in total. The largest absolute Gasteiger partial charge is 0.478 e. The van der Waals surface area contributed by atoms with Crippen LogP contribution in [0.25, 0.3) is 5.57 Å². The highest BCUT2D eigenvalue weighted by Gasteiger charge is 2.02. The number of aliphatic carboxylic acids is 1. The number of rotatable bonds is 5. The Kier molecular flexibility index (Phi) is 4.61. The van der Waals surface area contributed by atoms with Crippen molar-refractivity contribution < 1.29 is 9.90 Å². The van der Waals surface area contributed by atoms with Crippen molar-refractivity contribution in [1.82, 2.24) is 0 Å². The maximum absolute atomic E-state index is 10.7. The smallest absolute Gasteiger partial charge is 0.328 e. The Balaban J connectivity index is 2.86. The average Bonchev–Trinajstić information content (AvgIpc) is 2.25. The number of unbranched alkanes of at least 4 members (excludes halogenated alkanes) is 1. The molecule has 0 fully saturated rings. The van der Waals surface area contributed by atoms with E-state index in [1.54, 1.807) is 0 Å². The van der Waals surface area contributed by atoms with Gasteiger partial charge in [-0.1, -0.05) is 43.7 Å². The van der Waals surface area contributed by atoms with E-state index in [2.05, 4.69) is 6.92 Å². The molecule has 0 aliphatic rings. The Hall–Kier alpha value is -1.57. The zero-order chi connectivity index (χ0) is 11.1. The summed E-state index contributed by atoms with van der Waals surface area (Å²) in [5.41, 5.74) is 1.92. The molecule has 15 heavy (non-hydrogen) atoms. The molecule has 0 aromatic heterocycles. The van der Waals surface area contributed by atoms with Crippen molar-refractivity contribution in [3.63, 3.8) is 0 Å². The zero-order valence-corrected chi connectivity index (χ0v) is 8.94. The summed E-state index contributed by atoms with van der Waals surface area (Å²) in [6.07, 6.45) is 4.23. The van der Waals surface area contributed by atoms with E-state index in [4.69, 9.17) is 5.11 Å². The monoisotopic (exact) mass is 204 g/mol. The van der Waals surface area contributed by atoms with Crippen molar-refractivity contribution in [2.45, 2.75) is 26.2 Å². The summed E-state index contributed by atoms with van der Waals surface area (Å²) < 4.78 is 0. The summed E-state index contributed by atoms with van der Waals surface area (Å²) in [5.74, 6) is -0.870. The van der Waals surface area contributed by atoms with Gasteiger partial charge in [0.05, 0.1) is 0 Å². The van der Waals surface area contributed by atoms with Crippen LogP contribution in [0.15, 0.2) is 36.4 Å². The lowest BCUT2D eigenvalue weighted by molar-refractivity contribution is -0.131. The van der Waals surface area contributed by atoms with Crippen LogP contribution in [0.2, 0.25) is 0 Å². The molecule has 0 aliphatic carbocycles. The van der Waals surface area contributed by atoms with Gasteiger partial charge in [-0.2, -0.15) is 0 Å². The second-order valence-corrected chi connectivity index (χ2v) is 3.48. The SMILES string of the molecule is CCCC/C(=C\C(=O)O)c1ccccc1. The lowest BCUT2D eigenvalue weighted by Gasteiger charge is -2.05. The number of allylic oxidation sites excluding steroid dienone is 1. The Morgan fingerprint density at radius 1 is 1.33 bits per heavy atom. The fraction of sp³-hybridized carbons (Fsp3) is 0.308. The number of benzene rings is 1. The van der Waals surface area contributed by atoms with Gasteiger partial charge >= 0.3 is 5.97 Å². The molecule has 0 atom stereocenters. The molecule has 2 heteroatoms. The van der Waals surface area contributed by atoms with Crippen LogP contribution < -0.4 is 0 Å². The van der Waals surface area contributed by atoms with E-state index < -0.39 is 5.97 Å². The second-order valence-electron chi connectivity index (χ2n) is 3.48. The predicted molar refractivity (Wildman–Crippen MR) is 61.6 cm³/mol. The first-order valence-corrected chi connectivity index (χ1v) is 5.23. The minimum absolute atomic E-state index is 0.826. The average molecular weight is 204 g/mol. The van der Waals surface area contributed by atoms with Crippen molar-refractivity contribution in [3.8, 4) is 0 Å². The first kappa shape index (κ1) is 11.5. The topological polar surface area (TPSA) is 37.3 Å². The Bertz CT molecular complexity index is 339. The first-order valence-electron chi connectivity index (χ1n) is 5.23. The van der Waals surface area contributed by atoms with Crippen molar-refractivity contribution in [2.75, 3.05) is 0 Å². The first-order chi connectivity index (χ1) is 7.24. The third-order valence-electron chi connectivity index (χ3n) is 2.24. The third kappa shape index (κ3) is 3.98. The Morgan fingerprint density at radius 2 is 2.00 bits per heavy atom. The molecule has 0 aliphatic heterocycles. The second kappa shape index (κ2) is 6.02. The summed E-state index contributed by atoms with van der Waals surface area (Å²) in [4.78, 5) is 10.7. The van der Waals surface area contributed by atoms with Crippen molar-refractivity contribution in [1.29, 1.82) is 0 Å². The molecule has 2 nitrogen and oxygen atoms in total. The highest BCUT2D eigenvalue weighted by Crippen LogP contribution is 2.20. The summed E-state index contributed by atoms with van der Waals surface area (Å²) in [6, 6.07) is 9.69. The Labute approximate surface area is 90.3 Å². The van der Waals surface area contributed by atoms with E-state index in [0.29, 0.717) is 0 Å². The van der Waals surface area contributed by atoms with Crippen LogP contribution in [-0.2, 0) is 4.79 Å². The summed E-state index contributed by atoms with van der Waals surface area (Å²) in [6.45, 7) is 2.10. The van der Waals surface area contributed by atoms with Gasteiger partial charge in [-0.05, 0) is 24.0 Å². The summed E-state index contributed by atoms with van der Waals surface area (Å²) in [5, 5.41) is 8.77. The lowest BCUT2D eigenvalue weighted by Crippen LogP contribution is -1.93. The van der Waals surface area contributed by atoms with Crippen LogP contribution in [0, 0.1) is 0 Å². The highest BCUT2D eigenvalue weighted by molar-refractivity contribution is 5.89. The summed E-state index contributed by atoms with van der Waals surface area (Å²) in [7, 11) is 0. The van der Waals surface area contributed by atoms with Gasteiger partial charge in [-0.15, -0.1) is 0 Å². The van der Waals surface area contributed by atoms with E-state index in [0.717, 1.165) is 30.4 Å². The standard InChI is InChI=1S/C13H16O2/c1-2-3-7-12(10-13(14)15)11-8-5-4-6-9-11/h4-6,8-10H,2-3,7H2,1H3,(H,14,15)/b12-10+. The minimum atomic E-state index is -0.870. The maximum Gasteiger partial charge on any atom is 0.328 e. The van der Waals surface area contributed by atoms with Crippen LogP contribution in [-0.4, -0.2) is 11.1 Å². The van der Waals surface area contributed by atoms with Crippen molar-refractivity contribution in [3.05, 3.63) is 42.0 Å². The van der Waals surface area contributed by atoms with E-state index in [9.17, 15) is 4.79 Å².